The molecule has 1 atom stereocenters. The van der Waals surface area contributed by atoms with E-state index in [0.29, 0.717) is 6.54 Å². The maximum Gasteiger partial charge on any atom is 0.263 e. The van der Waals surface area contributed by atoms with Gasteiger partial charge >= 0.3 is 0 Å². The third-order valence-corrected chi connectivity index (χ3v) is 3.50. The number of benzene rings is 2. The molecule has 3 heteroatoms. The van der Waals surface area contributed by atoms with Crippen LogP contribution in [0.2, 0.25) is 0 Å². The fraction of sp³-hybridized carbons (Fsp3) is 0.294. The van der Waals surface area contributed by atoms with Crippen LogP contribution < -0.4 is 5.32 Å². The van der Waals surface area contributed by atoms with Gasteiger partial charge in [0.25, 0.3) is 6.43 Å². The Labute approximate surface area is 118 Å². The summed E-state index contributed by atoms with van der Waals surface area (Å²) in [5.74, 6) is 0. The smallest absolute Gasteiger partial charge is 0.263 e. The van der Waals surface area contributed by atoms with Gasteiger partial charge in [-0.2, -0.15) is 0 Å². The predicted molar refractivity (Wildman–Crippen MR) is 77.8 cm³/mol. The number of alkyl halides is 2. The number of rotatable bonds is 5. The molecule has 0 aromatic heterocycles. The first kappa shape index (κ1) is 14.7. The van der Waals surface area contributed by atoms with E-state index < -0.39 is 6.43 Å². The van der Waals surface area contributed by atoms with E-state index in [1.165, 1.54) is 23.3 Å². The first-order valence-electron chi connectivity index (χ1n) is 6.74. The largest absolute Gasteiger partial charge is 0.306 e. The summed E-state index contributed by atoms with van der Waals surface area (Å²) in [6, 6.07) is 14.9. The van der Waals surface area contributed by atoms with Gasteiger partial charge in [-0.1, -0.05) is 48.5 Å². The highest BCUT2D eigenvalue weighted by molar-refractivity contribution is 5.28. The Morgan fingerprint density at radius 2 is 1.65 bits per heavy atom. The number of nitrogens with one attached hydrogen (secondary N) is 1. The van der Waals surface area contributed by atoms with E-state index in [1.807, 2.05) is 12.1 Å². The van der Waals surface area contributed by atoms with Crippen LogP contribution >= 0.6 is 0 Å². The van der Waals surface area contributed by atoms with Gasteiger partial charge in [0.05, 0.1) is 0 Å². The highest BCUT2D eigenvalue weighted by Gasteiger charge is 2.08. The van der Waals surface area contributed by atoms with Gasteiger partial charge in [-0.05, 0) is 30.5 Å². The quantitative estimate of drug-likeness (QED) is 0.827. The van der Waals surface area contributed by atoms with Crippen molar-refractivity contribution in [3.05, 3.63) is 70.8 Å². The van der Waals surface area contributed by atoms with Crippen molar-refractivity contribution in [1.29, 1.82) is 0 Å². The van der Waals surface area contributed by atoms with Gasteiger partial charge in [0, 0.05) is 18.2 Å². The highest BCUT2D eigenvalue weighted by atomic mass is 19.3. The van der Waals surface area contributed by atoms with E-state index >= 15 is 0 Å². The summed E-state index contributed by atoms with van der Waals surface area (Å²) in [6.45, 7) is 4.86. The number of halogens is 2. The third-order valence-electron chi connectivity index (χ3n) is 3.50. The normalized spacial score (nSPS) is 12.7. The summed E-state index contributed by atoms with van der Waals surface area (Å²) in [4.78, 5) is 0. The predicted octanol–water partition coefficient (Wildman–Crippen LogP) is 4.78. The van der Waals surface area contributed by atoms with Crippen LogP contribution in [0.25, 0.3) is 0 Å². The minimum absolute atomic E-state index is 0.0701. The molecule has 0 aliphatic heterocycles. The van der Waals surface area contributed by atoms with Gasteiger partial charge in [-0.25, -0.2) is 8.78 Å². The molecule has 106 valence electrons. The lowest BCUT2D eigenvalue weighted by molar-refractivity contribution is 0.151. The minimum atomic E-state index is -2.40. The van der Waals surface area contributed by atoms with Gasteiger partial charge in [0.1, 0.15) is 0 Å². The molecule has 0 saturated heterocycles. The zero-order valence-corrected chi connectivity index (χ0v) is 11.7. The molecule has 1 nitrogen and oxygen atoms in total. The SMILES string of the molecule is Cc1ccccc1[C@H](C)NCc1ccc(C(F)F)cc1. The van der Waals surface area contributed by atoms with E-state index in [9.17, 15) is 8.78 Å². The van der Waals surface area contributed by atoms with Crippen LogP contribution in [0.5, 0.6) is 0 Å². The van der Waals surface area contributed by atoms with E-state index in [4.69, 9.17) is 0 Å². The third kappa shape index (κ3) is 3.64. The van der Waals surface area contributed by atoms with Crippen LogP contribution in [0.3, 0.4) is 0 Å². The van der Waals surface area contributed by atoms with E-state index in [-0.39, 0.29) is 11.6 Å². The molecule has 0 spiro atoms. The molecule has 20 heavy (non-hydrogen) atoms. The molecule has 2 aromatic rings. The van der Waals surface area contributed by atoms with Crippen molar-refractivity contribution >= 4 is 0 Å². The lowest BCUT2D eigenvalue weighted by atomic mass is 10.0. The van der Waals surface area contributed by atoms with Gasteiger partial charge in [-0.15, -0.1) is 0 Å². The maximum atomic E-state index is 12.5. The van der Waals surface area contributed by atoms with E-state index in [2.05, 4.69) is 31.3 Å². The summed E-state index contributed by atoms with van der Waals surface area (Å²) in [6.07, 6.45) is -2.40. The van der Waals surface area contributed by atoms with Crippen molar-refractivity contribution in [2.75, 3.05) is 0 Å². The molecule has 0 bridgehead atoms. The van der Waals surface area contributed by atoms with Crippen LogP contribution in [-0.4, -0.2) is 0 Å². The lowest BCUT2D eigenvalue weighted by Crippen LogP contribution is -2.18. The number of aryl methyl sites for hydroxylation is 1. The Balaban J connectivity index is 1.96. The molecule has 0 radical (unpaired) electrons. The Bertz CT molecular complexity index is 549. The van der Waals surface area contributed by atoms with Gasteiger partial charge < -0.3 is 5.32 Å². The van der Waals surface area contributed by atoms with Crippen LogP contribution in [0.1, 0.15) is 41.6 Å². The fourth-order valence-corrected chi connectivity index (χ4v) is 2.23. The summed E-state index contributed by atoms with van der Waals surface area (Å²) in [7, 11) is 0. The highest BCUT2D eigenvalue weighted by Crippen LogP contribution is 2.20. The summed E-state index contributed by atoms with van der Waals surface area (Å²) in [5.41, 5.74) is 3.59. The van der Waals surface area contributed by atoms with Crippen molar-refractivity contribution in [1.82, 2.24) is 5.32 Å². The van der Waals surface area contributed by atoms with Crippen LogP contribution in [-0.2, 0) is 6.54 Å². The van der Waals surface area contributed by atoms with Gasteiger partial charge in [0.15, 0.2) is 0 Å². The van der Waals surface area contributed by atoms with Gasteiger partial charge in [0.2, 0.25) is 0 Å². The van der Waals surface area contributed by atoms with Crippen LogP contribution in [0.4, 0.5) is 8.78 Å². The molecule has 0 aliphatic carbocycles. The zero-order valence-electron chi connectivity index (χ0n) is 11.7. The van der Waals surface area contributed by atoms with Crippen LogP contribution in [0, 0.1) is 6.92 Å². The minimum Gasteiger partial charge on any atom is -0.306 e. The average Bonchev–Trinajstić information content (AvgIpc) is 2.45. The summed E-state index contributed by atoms with van der Waals surface area (Å²) < 4.78 is 24.9. The number of hydrogen-bond donors (Lipinski definition) is 1. The zero-order chi connectivity index (χ0) is 14.5. The second-order valence-corrected chi connectivity index (χ2v) is 5.00. The molecule has 1 N–H and O–H groups in total. The van der Waals surface area contributed by atoms with Crippen molar-refractivity contribution in [3.8, 4) is 0 Å². The summed E-state index contributed by atoms with van der Waals surface area (Å²) in [5, 5.41) is 3.42. The van der Waals surface area contributed by atoms with Crippen molar-refractivity contribution in [3.63, 3.8) is 0 Å². The molecular formula is C17H19F2N. The Hall–Kier alpha value is -1.74. The molecule has 0 heterocycles. The maximum absolute atomic E-state index is 12.5. The fourth-order valence-electron chi connectivity index (χ4n) is 2.23. The number of hydrogen-bond acceptors (Lipinski definition) is 1. The lowest BCUT2D eigenvalue weighted by Gasteiger charge is -2.16. The molecule has 2 aromatic carbocycles. The summed E-state index contributed by atoms with van der Waals surface area (Å²) >= 11 is 0. The van der Waals surface area contributed by atoms with Crippen molar-refractivity contribution in [2.24, 2.45) is 0 Å². The molecule has 0 saturated carbocycles. The standard InChI is InChI=1S/C17H19F2N/c1-12-5-3-4-6-16(12)13(2)20-11-14-7-9-15(10-8-14)17(18)19/h3-10,13,17,20H,11H2,1-2H3/t13-/m0/s1. The van der Waals surface area contributed by atoms with Crippen molar-refractivity contribution < 1.29 is 8.78 Å². The second-order valence-electron chi connectivity index (χ2n) is 5.00. The topological polar surface area (TPSA) is 12.0 Å². The molecule has 2 rings (SSSR count). The Morgan fingerprint density at radius 3 is 2.25 bits per heavy atom. The average molecular weight is 275 g/mol. The van der Waals surface area contributed by atoms with Crippen LogP contribution in [0.15, 0.2) is 48.5 Å². The van der Waals surface area contributed by atoms with E-state index in [1.54, 1.807) is 12.1 Å². The first-order chi connectivity index (χ1) is 9.58. The first-order valence-corrected chi connectivity index (χ1v) is 6.74. The molecule has 0 aliphatic rings. The van der Waals surface area contributed by atoms with Gasteiger partial charge in [-0.3, -0.25) is 0 Å². The molecule has 0 fully saturated rings. The molecule has 0 unspecified atom stereocenters. The monoisotopic (exact) mass is 275 g/mol. The van der Waals surface area contributed by atoms with E-state index in [0.717, 1.165) is 5.56 Å². The molecule has 0 amide bonds. The molecular weight excluding hydrogens is 256 g/mol. The Kier molecular flexibility index (Phi) is 4.85. The second kappa shape index (κ2) is 6.62. The van der Waals surface area contributed by atoms with Crippen molar-refractivity contribution in [2.45, 2.75) is 32.9 Å². The Morgan fingerprint density at radius 1 is 1.00 bits per heavy atom.